The topological polar surface area (TPSA) is 30.7 Å². The molecular formula is C3H4BrN3. The highest BCUT2D eigenvalue weighted by molar-refractivity contribution is 9.10. The summed E-state index contributed by atoms with van der Waals surface area (Å²) >= 11 is 2.86. The maximum Gasteiger partial charge on any atom is 0.217 e. The van der Waals surface area contributed by atoms with Gasteiger partial charge in [0.1, 0.15) is 7.67 Å². The molecule has 0 radical (unpaired) electrons. The van der Waals surface area contributed by atoms with Gasteiger partial charge in [-0.3, -0.25) is 4.68 Å². The Labute approximate surface area is 55.1 Å². The van der Waals surface area contributed by atoms with E-state index in [0.717, 1.165) is 0 Å². The first-order chi connectivity index (χ1) is 4.91. The highest BCUT2D eigenvalue weighted by Gasteiger charge is 1.85. The monoisotopic (exact) mass is 165 g/mol. The van der Waals surface area contributed by atoms with E-state index in [0.29, 0.717) is 4.68 Å². The molecule has 0 bridgehead atoms. The minimum Gasteiger partial charge on any atom is -0.255 e. The molecule has 0 amide bonds. The van der Waals surface area contributed by atoms with Gasteiger partial charge in [0, 0.05) is 11.1 Å². The van der Waals surface area contributed by atoms with E-state index in [2.05, 4.69) is 26.0 Å². The van der Waals surface area contributed by atoms with Gasteiger partial charge < -0.3 is 0 Å². The second kappa shape index (κ2) is 1.61. The molecule has 1 rings (SSSR count). The van der Waals surface area contributed by atoms with Crippen molar-refractivity contribution in [2.75, 3.05) is 0 Å². The zero-order valence-corrected chi connectivity index (χ0v) is 4.81. The van der Waals surface area contributed by atoms with Crippen LogP contribution >= 0.6 is 15.9 Å². The molecule has 0 aliphatic heterocycles. The second-order valence-electron chi connectivity index (χ2n) is 0.893. The maximum absolute atomic E-state index is 7.05. The maximum atomic E-state index is 7.05. The summed E-state index contributed by atoms with van der Waals surface area (Å²) in [4.78, 5) is 3.45. The summed E-state index contributed by atoms with van der Waals surface area (Å²) in [5.74, 6) is 0. The van der Waals surface area contributed by atoms with E-state index in [4.69, 9.17) is 5.48 Å². The molecule has 3 nitrogen and oxygen atoms in total. The molecule has 0 aromatic carbocycles. The van der Waals surface area contributed by atoms with Gasteiger partial charge in [0.05, 0.1) is 0 Å². The number of hydrogen-bond donors (Lipinski definition) is 0. The minimum absolute atomic E-state index is 0.110. The van der Waals surface area contributed by atoms with Crippen molar-refractivity contribution in [2.45, 2.75) is 0 Å². The number of halogens is 1. The molecular weight excluding hydrogens is 158 g/mol. The third-order valence-electron chi connectivity index (χ3n) is 0.419. The third kappa shape index (κ3) is 0.991. The molecule has 7 heavy (non-hydrogen) atoms. The van der Waals surface area contributed by atoms with Crippen molar-refractivity contribution in [1.82, 2.24) is 14.8 Å². The van der Waals surface area contributed by atoms with Gasteiger partial charge in [-0.05, 0) is 15.9 Å². The lowest BCUT2D eigenvalue weighted by molar-refractivity contribution is 0.759. The van der Waals surface area contributed by atoms with Crippen LogP contribution in [-0.2, 0) is 6.98 Å². The van der Waals surface area contributed by atoms with E-state index in [-0.39, 0.29) is 11.0 Å². The Bertz CT molecular complexity index is 266. The molecule has 0 fully saturated rings. The van der Waals surface area contributed by atoms with E-state index in [1.807, 2.05) is 0 Å². The van der Waals surface area contributed by atoms with E-state index in [1.165, 1.54) is 0 Å². The summed E-state index contributed by atoms with van der Waals surface area (Å²) in [6, 6.07) is 0. The normalized spacial score (nSPS) is 19.6. The van der Waals surface area contributed by atoms with E-state index in [9.17, 15) is 0 Å². The van der Waals surface area contributed by atoms with Crippen LogP contribution in [0.2, 0.25) is 0 Å². The Kier molecular flexibility index (Phi) is 0.428. The Morgan fingerprint density at radius 2 is 3.14 bits per heavy atom. The lowest BCUT2D eigenvalue weighted by Crippen LogP contribution is -1.84. The molecule has 0 aliphatic carbocycles. The van der Waals surface area contributed by atoms with Gasteiger partial charge in [0.15, 0.2) is 0 Å². The molecule has 0 spiro atoms. The van der Waals surface area contributed by atoms with Crippen LogP contribution in [-0.4, -0.2) is 14.8 Å². The fourth-order valence-electron chi connectivity index (χ4n) is 0.216. The van der Waals surface area contributed by atoms with Crippen LogP contribution in [0.15, 0.2) is 11.0 Å². The van der Waals surface area contributed by atoms with Crippen molar-refractivity contribution in [1.29, 1.82) is 0 Å². The van der Waals surface area contributed by atoms with E-state index >= 15 is 0 Å². The third-order valence-corrected chi connectivity index (χ3v) is 0.755. The fraction of sp³-hybridized carbons (Fsp3) is 0.333. The van der Waals surface area contributed by atoms with Gasteiger partial charge in [0.25, 0.3) is 0 Å². The lowest BCUT2D eigenvalue weighted by atomic mass is 11.2. The van der Waals surface area contributed by atoms with Crippen LogP contribution in [0.5, 0.6) is 0 Å². The van der Waals surface area contributed by atoms with Gasteiger partial charge >= 0.3 is 0 Å². The molecule has 1 heterocycles. The van der Waals surface area contributed by atoms with Crippen LogP contribution in [0, 0.1) is 0 Å². The molecule has 0 aliphatic rings. The second-order valence-corrected chi connectivity index (χ2v) is 1.60. The molecule has 0 saturated carbocycles. The van der Waals surface area contributed by atoms with Crippen molar-refractivity contribution >= 4 is 15.9 Å². The predicted octanol–water partition coefficient (Wildman–Crippen LogP) is 0.578. The predicted molar refractivity (Wildman–Crippen MR) is 28.7 cm³/mol. The Morgan fingerprint density at radius 3 is 3.43 bits per heavy atom. The van der Waals surface area contributed by atoms with Crippen LogP contribution in [0.1, 0.15) is 5.48 Å². The molecule has 0 unspecified atom stereocenters. The molecule has 1 aromatic heterocycles. The summed E-state index contributed by atoms with van der Waals surface area (Å²) in [5.41, 5.74) is 0. The first-order valence-electron chi connectivity index (χ1n) is 3.51. The van der Waals surface area contributed by atoms with Gasteiger partial charge in [-0.15, -0.1) is 5.10 Å². The quantitative estimate of drug-likeness (QED) is 0.564. The van der Waals surface area contributed by atoms with Crippen molar-refractivity contribution < 1.29 is 5.48 Å². The fourth-order valence-corrected chi connectivity index (χ4v) is 0.454. The minimum atomic E-state index is -2.42. The van der Waals surface area contributed by atoms with Gasteiger partial charge in [-0.1, -0.05) is 0 Å². The SMILES string of the molecule is [2H]c1nc(Br)nn1C([2H])([2H])[2H]. The zero-order chi connectivity index (χ0) is 8.65. The summed E-state index contributed by atoms with van der Waals surface area (Å²) in [6.45, 7) is -2.42. The summed E-state index contributed by atoms with van der Waals surface area (Å²) in [5, 5.41) is 3.45. The van der Waals surface area contributed by atoms with Crippen molar-refractivity contribution in [3.63, 3.8) is 0 Å². The highest BCUT2D eigenvalue weighted by atomic mass is 79.9. The van der Waals surface area contributed by atoms with Crippen LogP contribution in [0.25, 0.3) is 0 Å². The van der Waals surface area contributed by atoms with Crippen molar-refractivity contribution in [3.05, 3.63) is 11.0 Å². The van der Waals surface area contributed by atoms with Gasteiger partial charge in [-0.25, -0.2) is 4.98 Å². The van der Waals surface area contributed by atoms with Crippen molar-refractivity contribution in [2.24, 2.45) is 6.98 Å². The van der Waals surface area contributed by atoms with E-state index in [1.54, 1.807) is 0 Å². The average molecular weight is 166 g/mol. The summed E-state index contributed by atoms with van der Waals surface area (Å²) < 4.78 is 28.4. The largest absolute Gasteiger partial charge is 0.255 e. The summed E-state index contributed by atoms with van der Waals surface area (Å²) in [6.07, 6.45) is -0.378. The molecule has 1 aromatic rings. The Hall–Kier alpha value is -0.380. The van der Waals surface area contributed by atoms with Crippen molar-refractivity contribution in [3.8, 4) is 0 Å². The first-order valence-corrected chi connectivity index (χ1v) is 2.30. The number of aryl methyl sites for hydroxylation is 1. The average Bonchev–Trinajstić information content (AvgIpc) is 2.08. The number of aromatic nitrogens is 3. The van der Waals surface area contributed by atoms with Gasteiger partial charge in [-0.2, -0.15) is 0 Å². The lowest BCUT2D eigenvalue weighted by Gasteiger charge is -1.76. The molecule has 38 valence electrons. The van der Waals surface area contributed by atoms with Crippen LogP contribution in [0.3, 0.4) is 0 Å². The number of hydrogen-bond acceptors (Lipinski definition) is 2. The Balaban J connectivity index is 3.13. The Morgan fingerprint density at radius 1 is 2.29 bits per heavy atom. The number of rotatable bonds is 0. The van der Waals surface area contributed by atoms with Crippen LogP contribution in [0.4, 0.5) is 0 Å². The first kappa shape index (κ1) is 1.85. The van der Waals surface area contributed by atoms with E-state index < -0.39 is 6.98 Å². The van der Waals surface area contributed by atoms with Crippen LogP contribution < -0.4 is 0 Å². The number of nitrogens with zero attached hydrogens (tertiary/aromatic N) is 3. The standard InChI is InChI=1S/C3H4BrN3/c1-7-2-5-3(4)6-7/h2H,1H3/i1D3,2D. The molecule has 0 saturated heterocycles. The molecule has 0 atom stereocenters. The summed E-state index contributed by atoms with van der Waals surface area (Å²) in [7, 11) is 0. The van der Waals surface area contributed by atoms with Gasteiger partial charge in [0.2, 0.25) is 4.73 Å². The smallest absolute Gasteiger partial charge is 0.217 e. The molecule has 0 N–H and O–H groups in total. The highest BCUT2D eigenvalue weighted by Crippen LogP contribution is 1.95. The molecule has 4 heteroatoms. The zero-order valence-electron chi connectivity index (χ0n) is 7.22.